The number of hydrazine groups is 1. The van der Waals surface area contributed by atoms with Crippen LogP contribution in [0, 0.1) is 16.0 Å². The molecule has 0 aromatic heterocycles. The van der Waals surface area contributed by atoms with Crippen molar-refractivity contribution >= 4 is 17.1 Å². The molecule has 6 nitrogen and oxygen atoms in total. The molecule has 110 valence electrons. The number of non-ortho nitro benzene ring substituents is 1. The Balaban J connectivity index is 2.18. The summed E-state index contributed by atoms with van der Waals surface area (Å²) in [6.07, 6.45) is 5.97. The van der Waals surface area contributed by atoms with Gasteiger partial charge in [-0.3, -0.25) is 16.0 Å². The summed E-state index contributed by atoms with van der Waals surface area (Å²) in [5.74, 6) is 6.01. The van der Waals surface area contributed by atoms with Gasteiger partial charge in [-0.15, -0.1) is 0 Å². The number of nitro groups is 1. The molecule has 20 heavy (non-hydrogen) atoms. The largest absolute Gasteiger partial charge is 0.382 e. The van der Waals surface area contributed by atoms with Crippen LogP contribution in [-0.2, 0) is 0 Å². The molecule has 0 aliphatic heterocycles. The zero-order chi connectivity index (χ0) is 14.5. The lowest BCUT2D eigenvalue weighted by molar-refractivity contribution is -0.384. The molecule has 2 unspecified atom stereocenters. The van der Waals surface area contributed by atoms with Crippen molar-refractivity contribution < 1.29 is 4.92 Å². The van der Waals surface area contributed by atoms with Crippen LogP contribution in [0.3, 0.4) is 0 Å². The first-order valence-electron chi connectivity index (χ1n) is 7.16. The van der Waals surface area contributed by atoms with Crippen LogP contribution in [-0.4, -0.2) is 11.0 Å². The molecular formula is C14H22N4O2. The molecule has 2 rings (SSSR count). The molecule has 1 aliphatic carbocycles. The Bertz CT molecular complexity index is 478. The highest BCUT2D eigenvalue weighted by Gasteiger charge is 2.24. The summed E-state index contributed by atoms with van der Waals surface area (Å²) in [6, 6.07) is 5.21. The summed E-state index contributed by atoms with van der Waals surface area (Å²) in [5, 5.41) is 14.4. The van der Waals surface area contributed by atoms with Gasteiger partial charge in [0, 0.05) is 23.9 Å². The average molecular weight is 278 g/mol. The molecular weight excluding hydrogens is 256 g/mol. The summed E-state index contributed by atoms with van der Waals surface area (Å²) in [6.45, 7) is 2.20. The highest BCUT2D eigenvalue weighted by Crippen LogP contribution is 2.31. The molecule has 0 saturated heterocycles. The molecule has 1 saturated carbocycles. The number of nitro benzene ring substituents is 1. The number of nitrogens with one attached hydrogen (secondary N) is 2. The van der Waals surface area contributed by atoms with Crippen molar-refractivity contribution in [2.45, 2.75) is 45.1 Å². The third-order valence-electron chi connectivity index (χ3n) is 4.08. The number of hydrogen-bond acceptors (Lipinski definition) is 5. The second kappa shape index (κ2) is 6.56. The van der Waals surface area contributed by atoms with Gasteiger partial charge in [0.2, 0.25) is 0 Å². The van der Waals surface area contributed by atoms with Crippen LogP contribution in [0.1, 0.15) is 39.0 Å². The zero-order valence-electron chi connectivity index (χ0n) is 11.8. The maximum absolute atomic E-state index is 10.9. The summed E-state index contributed by atoms with van der Waals surface area (Å²) >= 11 is 0. The second-order valence-electron chi connectivity index (χ2n) is 5.37. The Morgan fingerprint density at radius 1 is 1.30 bits per heavy atom. The Morgan fingerprint density at radius 2 is 2.00 bits per heavy atom. The first kappa shape index (κ1) is 14.6. The zero-order valence-corrected chi connectivity index (χ0v) is 11.8. The van der Waals surface area contributed by atoms with E-state index in [0.29, 0.717) is 17.6 Å². The fourth-order valence-corrected chi connectivity index (χ4v) is 2.98. The lowest BCUT2D eigenvalue weighted by Crippen LogP contribution is -2.31. The minimum absolute atomic E-state index is 0.0480. The fraction of sp³-hybridized carbons (Fsp3) is 0.571. The number of nitrogen functional groups attached to an aromatic ring is 1. The standard InChI is InChI=1S/C14H22N4O2/c1-2-10-5-3-4-6-14(10)16-11-7-12(17-15)9-13(8-11)18(19)20/h7-10,14,16-17H,2-6,15H2,1H3. The first-order valence-corrected chi connectivity index (χ1v) is 7.16. The van der Waals surface area contributed by atoms with E-state index in [9.17, 15) is 10.1 Å². The minimum atomic E-state index is -0.399. The van der Waals surface area contributed by atoms with Crippen LogP contribution in [0.2, 0.25) is 0 Å². The van der Waals surface area contributed by atoms with Gasteiger partial charge in [-0.05, 0) is 24.8 Å². The molecule has 6 heteroatoms. The average Bonchev–Trinajstić information content (AvgIpc) is 2.47. The number of nitrogens with two attached hydrogens (primary N) is 1. The molecule has 0 heterocycles. The normalized spacial score (nSPS) is 22.3. The predicted molar refractivity (Wildman–Crippen MR) is 80.6 cm³/mol. The summed E-state index contributed by atoms with van der Waals surface area (Å²) < 4.78 is 0. The molecule has 0 amide bonds. The topological polar surface area (TPSA) is 93.2 Å². The molecule has 2 atom stereocenters. The van der Waals surface area contributed by atoms with Crippen molar-refractivity contribution in [2.24, 2.45) is 11.8 Å². The van der Waals surface area contributed by atoms with Gasteiger partial charge in [0.25, 0.3) is 5.69 Å². The summed E-state index contributed by atoms with van der Waals surface area (Å²) in [7, 11) is 0. The van der Waals surface area contributed by atoms with E-state index in [4.69, 9.17) is 5.84 Å². The quantitative estimate of drug-likeness (QED) is 0.436. The van der Waals surface area contributed by atoms with Crippen molar-refractivity contribution in [2.75, 3.05) is 10.7 Å². The minimum Gasteiger partial charge on any atom is -0.382 e. The third-order valence-corrected chi connectivity index (χ3v) is 4.08. The van der Waals surface area contributed by atoms with Gasteiger partial charge in [0.05, 0.1) is 10.6 Å². The SMILES string of the molecule is CCC1CCCCC1Nc1cc(NN)cc([N+](=O)[O-])c1. The Morgan fingerprint density at radius 3 is 2.65 bits per heavy atom. The van der Waals surface area contributed by atoms with E-state index in [0.717, 1.165) is 18.5 Å². The fourth-order valence-electron chi connectivity index (χ4n) is 2.98. The van der Waals surface area contributed by atoms with Crippen molar-refractivity contribution in [3.05, 3.63) is 28.3 Å². The third kappa shape index (κ3) is 3.39. The molecule has 4 N–H and O–H groups in total. The molecule has 0 bridgehead atoms. The van der Waals surface area contributed by atoms with E-state index in [1.165, 1.54) is 25.3 Å². The van der Waals surface area contributed by atoms with Gasteiger partial charge in [0.15, 0.2) is 0 Å². The maximum Gasteiger partial charge on any atom is 0.273 e. The van der Waals surface area contributed by atoms with E-state index in [-0.39, 0.29) is 5.69 Å². The van der Waals surface area contributed by atoms with Crippen LogP contribution in [0.25, 0.3) is 0 Å². The van der Waals surface area contributed by atoms with Gasteiger partial charge >= 0.3 is 0 Å². The van der Waals surface area contributed by atoms with Gasteiger partial charge in [-0.1, -0.05) is 26.2 Å². The van der Waals surface area contributed by atoms with Crippen LogP contribution < -0.4 is 16.6 Å². The molecule has 1 aromatic rings. The van der Waals surface area contributed by atoms with Gasteiger partial charge in [-0.2, -0.15) is 0 Å². The predicted octanol–water partition coefficient (Wildman–Crippen LogP) is 3.26. The van der Waals surface area contributed by atoms with Crippen molar-refractivity contribution in [1.29, 1.82) is 0 Å². The Labute approximate surface area is 118 Å². The lowest BCUT2D eigenvalue weighted by Gasteiger charge is -2.32. The lowest BCUT2D eigenvalue weighted by atomic mass is 9.83. The van der Waals surface area contributed by atoms with E-state index >= 15 is 0 Å². The van der Waals surface area contributed by atoms with Crippen LogP contribution in [0.5, 0.6) is 0 Å². The summed E-state index contributed by atoms with van der Waals surface area (Å²) in [5.41, 5.74) is 3.84. The maximum atomic E-state index is 10.9. The number of nitrogens with zero attached hydrogens (tertiary/aromatic N) is 1. The van der Waals surface area contributed by atoms with E-state index in [1.807, 2.05) is 6.07 Å². The molecule has 1 aromatic carbocycles. The van der Waals surface area contributed by atoms with Gasteiger partial charge in [0.1, 0.15) is 0 Å². The monoisotopic (exact) mass is 278 g/mol. The van der Waals surface area contributed by atoms with E-state index in [1.54, 1.807) is 6.07 Å². The van der Waals surface area contributed by atoms with Crippen molar-refractivity contribution in [3.63, 3.8) is 0 Å². The van der Waals surface area contributed by atoms with E-state index in [2.05, 4.69) is 17.7 Å². The Hall–Kier alpha value is -1.82. The van der Waals surface area contributed by atoms with Crippen LogP contribution >= 0.6 is 0 Å². The number of benzene rings is 1. The smallest absolute Gasteiger partial charge is 0.273 e. The van der Waals surface area contributed by atoms with Crippen LogP contribution in [0.15, 0.2) is 18.2 Å². The molecule has 1 aliphatic rings. The van der Waals surface area contributed by atoms with Crippen LogP contribution in [0.4, 0.5) is 17.1 Å². The first-order chi connectivity index (χ1) is 9.63. The molecule has 1 fully saturated rings. The Kier molecular flexibility index (Phi) is 4.79. The van der Waals surface area contributed by atoms with E-state index < -0.39 is 4.92 Å². The van der Waals surface area contributed by atoms with Gasteiger partial charge in [-0.25, -0.2) is 0 Å². The second-order valence-corrected chi connectivity index (χ2v) is 5.37. The highest BCUT2D eigenvalue weighted by atomic mass is 16.6. The van der Waals surface area contributed by atoms with Crippen molar-refractivity contribution in [3.8, 4) is 0 Å². The summed E-state index contributed by atoms with van der Waals surface area (Å²) in [4.78, 5) is 10.5. The molecule has 0 radical (unpaired) electrons. The highest BCUT2D eigenvalue weighted by molar-refractivity contribution is 5.63. The van der Waals surface area contributed by atoms with Crippen molar-refractivity contribution in [1.82, 2.24) is 0 Å². The number of anilines is 2. The number of hydrogen-bond donors (Lipinski definition) is 3. The number of rotatable bonds is 5. The molecule has 0 spiro atoms. The van der Waals surface area contributed by atoms with Gasteiger partial charge < -0.3 is 10.7 Å².